The van der Waals surface area contributed by atoms with E-state index >= 15 is 0 Å². The number of hydrogen-bond donors (Lipinski definition) is 2. The molecule has 0 bridgehead atoms. The number of carbonyl (C=O) groups excluding carboxylic acids is 1. The van der Waals surface area contributed by atoms with Crippen molar-refractivity contribution >= 4 is 17.6 Å². The molecule has 0 fully saturated rings. The van der Waals surface area contributed by atoms with Crippen LogP contribution in [0.5, 0.6) is 11.5 Å². The van der Waals surface area contributed by atoms with Gasteiger partial charge in [-0.05, 0) is 66.6 Å². The minimum absolute atomic E-state index is 0.0469. The summed E-state index contributed by atoms with van der Waals surface area (Å²) in [4.78, 5) is 16.6. The van der Waals surface area contributed by atoms with E-state index < -0.39 is 6.03 Å². The lowest BCUT2D eigenvalue weighted by atomic mass is 10.1. The van der Waals surface area contributed by atoms with Gasteiger partial charge in [0.1, 0.15) is 17.0 Å². The van der Waals surface area contributed by atoms with Crippen LogP contribution in [0.1, 0.15) is 11.7 Å². The van der Waals surface area contributed by atoms with Crippen LogP contribution in [0, 0.1) is 12.3 Å². The number of carbonyl (C=O) groups is 1. The molecule has 4 aromatic rings. The predicted molar refractivity (Wildman–Crippen MR) is 114 cm³/mol. The number of ether oxygens (including phenoxy) is 1. The number of benzene rings is 2. The third-order valence-electron chi connectivity index (χ3n) is 4.36. The first kappa shape index (κ1) is 20.4. The Morgan fingerprint density at radius 2 is 1.71 bits per heavy atom. The van der Waals surface area contributed by atoms with Gasteiger partial charge in [-0.1, -0.05) is 28.9 Å². The van der Waals surface area contributed by atoms with Gasteiger partial charge in [0.15, 0.2) is 5.82 Å². The van der Waals surface area contributed by atoms with E-state index in [4.69, 9.17) is 26.3 Å². The highest BCUT2D eigenvalue weighted by Gasteiger charge is 2.10. The van der Waals surface area contributed by atoms with E-state index in [1.807, 2.05) is 24.3 Å². The van der Waals surface area contributed by atoms with Gasteiger partial charge < -0.3 is 14.6 Å². The number of halogens is 1. The van der Waals surface area contributed by atoms with E-state index in [1.165, 1.54) is 4.57 Å². The molecule has 9 heteroatoms. The molecule has 0 saturated carbocycles. The Bertz CT molecular complexity index is 1260. The molecule has 156 valence electrons. The van der Waals surface area contributed by atoms with E-state index in [9.17, 15) is 4.79 Å². The largest absolute Gasteiger partial charge is 0.457 e. The number of hydrogen-bond acceptors (Lipinski definition) is 6. The molecule has 0 radical (unpaired) electrons. The average Bonchev–Trinajstić information content (AvgIpc) is 3.20. The number of aromatic nitrogens is 3. The zero-order valence-corrected chi connectivity index (χ0v) is 17.3. The molecule has 4 rings (SSSR count). The Kier molecular flexibility index (Phi) is 5.81. The topological polar surface area (TPSA) is 106 Å². The third kappa shape index (κ3) is 4.99. The lowest BCUT2D eigenvalue weighted by Crippen LogP contribution is -2.35. The molecule has 0 aliphatic carbocycles. The van der Waals surface area contributed by atoms with Crippen molar-refractivity contribution in [3.8, 4) is 22.6 Å². The van der Waals surface area contributed by atoms with E-state index in [2.05, 4.69) is 15.5 Å². The first-order chi connectivity index (χ1) is 15.0. The molecule has 2 heterocycles. The molecule has 31 heavy (non-hydrogen) atoms. The van der Waals surface area contributed by atoms with Crippen molar-refractivity contribution < 1.29 is 14.1 Å². The van der Waals surface area contributed by atoms with Gasteiger partial charge in [0.2, 0.25) is 5.89 Å². The minimum Gasteiger partial charge on any atom is -0.457 e. The summed E-state index contributed by atoms with van der Waals surface area (Å²) in [6, 6.07) is 17.4. The zero-order chi connectivity index (χ0) is 21.8. The Morgan fingerprint density at radius 1 is 1.06 bits per heavy atom. The fourth-order valence-corrected chi connectivity index (χ4v) is 2.97. The number of pyridine rings is 1. The van der Waals surface area contributed by atoms with Crippen LogP contribution in [0.3, 0.4) is 0 Å². The van der Waals surface area contributed by atoms with Crippen LogP contribution in [0.2, 0.25) is 5.02 Å². The molecule has 8 nitrogen and oxygen atoms in total. The van der Waals surface area contributed by atoms with Crippen molar-refractivity contribution in [1.29, 1.82) is 5.41 Å². The normalized spacial score (nSPS) is 10.6. The molecule has 2 N–H and O–H groups in total. The average molecular weight is 436 g/mol. The van der Waals surface area contributed by atoms with Crippen molar-refractivity contribution in [2.24, 2.45) is 0 Å². The number of rotatable bonds is 5. The second-order valence-corrected chi connectivity index (χ2v) is 7.08. The second kappa shape index (κ2) is 8.85. The van der Waals surface area contributed by atoms with Gasteiger partial charge in [-0.3, -0.25) is 9.98 Å². The fourth-order valence-electron chi connectivity index (χ4n) is 2.84. The van der Waals surface area contributed by atoms with Crippen molar-refractivity contribution in [3.63, 3.8) is 0 Å². The van der Waals surface area contributed by atoms with Crippen LogP contribution in [0.25, 0.3) is 11.1 Å². The second-order valence-electron chi connectivity index (χ2n) is 6.65. The standard InChI is InChI=1S/C22H18ClN5O3/c1-14-26-21(31-27-14)12-25-22(29)28-13-16(4-11-20(28)24)15-2-7-18(8-3-15)30-19-9-5-17(23)6-10-19/h2-11,13,24H,12H2,1H3,(H,25,29). The molecule has 0 saturated heterocycles. The monoisotopic (exact) mass is 435 g/mol. The summed E-state index contributed by atoms with van der Waals surface area (Å²) in [6.45, 7) is 1.77. The van der Waals surface area contributed by atoms with Crippen LogP contribution in [-0.2, 0) is 6.54 Å². The Morgan fingerprint density at radius 3 is 2.35 bits per heavy atom. The van der Waals surface area contributed by atoms with Gasteiger partial charge in [-0.25, -0.2) is 4.79 Å². The number of aryl methyl sites for hydroxylation is 1. The molecule has 2 aromatic carbocycles. The molecular formula is C22H18ClN5O3. The van der Waals surface area contributed by atoms with Crippen LogP contribution >= 0.6 is 11.6 Å². The smallest absolute Gasteiger partial charge is 0.327 e. The van der Waals surface area contributed by atoms with E-state index in [1.54, 1.807) is 49.5 Å². The van der Waals surface area contributed by atoms with E-state index in [-0.39, 0.29) is 12.0 Å². The summed E-state index contributed by atoms with van der Waals surface area (Å²) in [5.74, 6) is 2.14. The molecular weight excluding hydrogens is 418 g/mol. The Labute approximate surface area is 182 Å². The van der Waals surface area contributed by atoms with E-state index in [0.29, 0.717) is 28.2 Å². The van der Waals surface area contributed by atoms with E-state index in [0.717, 1.165) is 11.1 Å². The fraction of sp³-hybridized carbons (Fsp3) is 0.0909. The van der Waals surface area contributed by atoms with Crippen molar-refractivity contribution in [2.75, 3.05) is 0 Å². The predicted octanol–water partition coefficient (Wildman–Crippen LogP) is 4.53. The summed E-state index contributed by atoms with van der Waals surface area (Å²) in [5.41, 5.74) is 1.70. The third-order valence-corrected chi connectivity index (χ3v) is 4.62. The lowest BCUT2D eigenvalue weighted by Gasteiger charge is -2.10. The SMILES string of the molecule is Cc1noc(CNC(=O)n2cc(-c3ccc(Oc4ccc(Cl)cc4)cc3)ccc2=N)n1. The summed E-state index contributed by atoms with van der Waals surface area (Å²) < 4.78 is 12.0. The van der Waals surface area contributed by atoms with Gasteiger partial charge in [0, 0.05) is 11.2 Å². The van der Waals surface area contributed by atoms with Gasteiger partial charge >= 0.3 is 6.03 Å². The maximum absolute atomic E-state index is 12.5. The quantitative estimate of drug-likeness (QED) is 0.479. The molecule has 0 atom stereocenters. The molecule has 0 unspecified atom stereocenters. The first-order valence-electron chi connectivity index (χ1n) is 9.36. The minimum atomic E-state index is -0.467. The van der Waals surface area contributed by atoms with Gasteiger partial charge in [0.25, 0.3) is 0 Å². The zero-order valence-electron chi connectivity index (χ0n) is 16.5. The molecule has 2 aromatic heterocycles. The number of amides is 1. The Hall–Kier alpha value is -3.91. The summed E-state index contributed by atoms with van der Waals surface area (Å²) in [5, 5.41) is 15.0. The van der Waals surface area contributed by atoms with Crippen molar-refractivity contribution in [3.05, 3.63) is 89.1 Å². The lowest BCUT2D eigenvalue weighted by molar-refractivity contribution is 0.239. The number of nitrogens with one attached hydrogen (secondary N) is 2. The van der Waals surface area contributed by atoms with Crippen molar-refractivity contribution in [2.45, 2.75) is 13.5 Å². The highest BCUT2D eigenvalue weighted by Crippen LogP contribution is 2.26. The highest BCUT2D eigenvalue weighted by atomic mass is 35.5. The van der Waals surface area contributed by atoms with Gasteiger partial charge in [0.05, 0.1) is 6.54 Å². The summed E-state index contributed by atoms with van der Waals surface area (Å²) >= 11 is 5.89. The van der Waals surface area contributed by atoms with Crippen molar-refractivity contribution in [1.82, 2.24) is 20.0 Å². The maximum atomic E-state index is 12.5. The van der Waals surface area contributed by atoms with Crippen LogP contribution in [0.4, 0.5) is 4.79 Å². The van der Waals surface area contributed by atoms with Gasteiger partial charge in [-0.15, -0.1) is 0 Å². The molecule has 0 aliphatic rings. The Balaban J connectivity index is 1.48. The van der Waals surface area contributed by atoms with Crippen LogP contribution in [-0.4, -0.2) is 20.7 Å². The summed E-state index contributed by atoms with van der Waals surface area (Å²) in [6.07, 6.45) is 1.60. The molecule has 1 amide bonds. The number of nitrogens with zero attached hydrogens (tertiary/aromatic N) is 3. The van der Waals surface area contributed by atoms with Crippen LogP contribution in [0.15, 0.2) is 71.4 Å². The molecule has 0 spiro atoms. The van der Waals surface area contributed by atoms with Gasteiger partial charge in [-0.2, -0.15) is 4.98 Å². The molecule has 0 aliphatic heterocycles. The van der Waals surface area contributed by atoms with Crippen LogP contribution < -0.4 is 15.5 Å². The maximum Gasteiger partial charge on any atom is 0.327 e. The first-order valence-corrected chi connectivity index (χ1v) is 9.74. The highest BCUT2D eigenvalue weighted by molar-refractivity contribution is 6.30. The summed E-state index contributed by atoms with van der Waals surface area (Å²) in [7, 11) is 0.